The molecule has 0 radical (unpaired) electrons. The number of piperidine rings is 1. The van der Waals surface area contributed by atoms with Crippen molar-refractivity contribution in [2.24, 2.45) is 5.92 Å². The van der Waals surface area contributed by atoms with E-state index in [-0.39, 0.29) is 12.1 Å². The predicted octanol–water partition coefficient (Wildman–Crippen LogP) is 3.12. The van der Waals surface area contributed by atoms with Crippen molar-refractivity contribution < 1.29 is 4.79 Å². The number of nitrogens with one attached hydrogen (secondary N) is 1. The molecule has 6 nitrogen and oxygen atoms in total. The summed E-state index contributed by atoms with van der Waals surface area (Å²) in [6.07, 6.45) is 7.55. The van der Waals surface area contributed by atoms with Crippen molar-refractivity contribution in [3.8, 4) is 0 Å². The Hall–Kier alpha value is -2.37. The van der Waals surface area contributed by atoms with Gasteiger partial charge in [-0.2, -0.15) is 0 Å². The molecule has 6 heteroatoms. The van der Waals surface area contributed by atoms with Crippen molar-refractivity contribution in [1.29, 1.82) is 0 Å². The molecule has 4 rings (SSSR count). The first-order valence-corrected chi connectivity index (χ1v) is 9.27. The molecule has 1 N–H and O–H groups in total. The number of carbonyl (C=O) groups is 1. The van der Waals surface area contributed by atoms with Crippen molar-refractivity contribution in [3.05, 3.63) is 48.0 Å². The molecule has 2 aliphatic rings. The van der Waals surface area contributed by atoms with Crippen molar-refractivity contribution >= 4 is 6.03 Å². The zero-order chi connectivity index (χ0) is 17.1. The van der Waals surface area contributed by atoms with Gasteiger partial charge in [0.1, 0.15) is 6.33 Å². The standard InChI is InChI=1S/C19H25N5O/c25-19(20-12-15-6-2-1-3-7-15)24-11-5-4-8-17(24)18-22-21-14-23(18)13-16-9-10-16/h1-3,6-7,14,16-17H,4-5,8-13H2,(H,20,25)/t17-/m1/s1. The highest BCUT2D eigenvalue weighted by Gasteiger charge is 2.32. The minimum atomic E-state index is -0.00507. The molecule has 2 heterocycles. The Morgan fingerprint density at radius 3 is 2.80 bits per heavy atom. The number of hydrogen-bond acceptors (Lipinski definition) is 3. The topological polar surface area (TPSA) is 63.1 Å². The van der Waals surface area contributed by atoms with E-state index >= 15 is 0 Å². The van der Waals surface area contributed by atoms with Gasteiger partial charge in [-0.15, -0.1) is 10.2 Å². The maximum atomic E-state index is 12.8. The summed E-state index contributed by atoms with van der Waals surface area (Å²) in [5, 5.41) is 11.5. The molecule has 1 aromatic carbocycles. The largest absolute Gasteiger partial charge is 0.334 e. The molecular formula is C19H25N5O. The Balaban J connectivity index is 1.45. The zero-order valence-corrected chi connectivity index (χ0v) is 14.5. The predicted molar refractivity (Wildman–Crippen MR) is 94.7 cm³/mol. The number of benzene rings is 1. The van der Waals surface area contributed by atoms with E-state index < -0.39 is 0 Å². The SMILES string of the molecule is O=C(NCc1ccccc1)N1CCCC[C@@H]1c1nncn1CC1CC1. The summed E-state index contributed by atoms with van der Waals surface area (Å²) in [6.45, 7) is 2.32. The van der Waals surface area contributed by atoms with Crippen LogP contribution < -0.4 is 5.32 Å². The van der Waals surface area contributed by atoms with E-state index in [1.165, 1.54) is 12.8 Å². The van der Waals surface area contributed by atoms with Gasteiger partial charge in [-0.05, 0) is 43.6 Å². The number of aromatic nitrogens is 3. The van der Waals surface area contributed by atoms with Crippen LogP contribution >= 0.6 is 0 Å². The third-order valence-corrected chi connectivity index (χ3v) is 5.15. The molecule has 0 spiro atoms. The highest BCUT2D eigenvalue weighted by molar-refractivity contribution is 5.74. The lowest BCUT2D eigenvalue weighted by atomic mass is 10.0. The summed E-state index contributed by atoms with van der Waals surface area (Å²) >= 11 is 0. The number of nitrogens with zero attached hydrogens (tertiary/aromatic N) is 4. The molecule has 2 amide bonds. The Labute approximate surface area is 148 Å². The molecule has 1 aliphatic heterocycles. The van der Waals surface area contributed by atoms with Gasteiger partial charge in [0, 0.05) is 19.6 Å². The minimum Gasteiger partial charge on any atom is -0.334 e. The fourth-order valence-electron chi connectivity index (χ4n) is 3.56. The second kappa shape index (κ2) is 7.25. The average molecular weight is 339 g/mol. The Kier molecular flexibility index (Phi) is 4.68. The van der Waals surface area contributed by atoms with Gasteiger partial charge in [0.05, 0.1) is 6.04 Å². The second-order valence-electron chi connectivity index (χ2n) is 7.13. The summed E-state index contributed by atoms with van der Waals surface area (Å²) < 4.78 is 2.16. The van der Waals surface area contributed by atoms with Gasteiger partial charge >= 0.3 is 6.03 Å². The molecule has 132 valence electrons. The maximum absolute atomic E-state index is 12.8. The summed E-state index contributed by atoms with van der Waals surface area (Å²) in [7, 11) is 0. The third-order valence-electron chi connectivity index (χ3n) is 5.15. The Morgan fingerprint density at radius 2 is 2.00 bits per heavy atom. The molecule has 0 bridgehead atoms. The first kappa shape index (κ1) is 16.1. The van der Waals surface area contributed by atoms with Gasteiger partial charge < -0.3 is 14.8 Å². The summed E-state index contributed by atoms with van der Waals surface area (Å²) in [5.41, 5.74) is 1.11. The number of hydrogen-bond donors (Lipinski definition) is 1. The van der Waals surface area contributed by atoms with Gasteiger partial charge in [0.15, 0.2) is 5.82 Å². The Morgan fingerprint density at radius 1 is 1.16 bits per heavy atom. The molecule has 1 saturated heterocycles. The van der Waals surface area contributed by atoms with Crippen LogP contribution in [0.4, 0.5) is 4.79 Å². The van der Waals surface area contributed by atoms with Crippen LogP contribution in [0.3, 0.4) is 0 Å². The van der Waals surface area contributed by atoms with E-state index in [0.717, 1.165) is 49.7 Å². The first-order valence-electron chi connectivity index (χ1n) is 9.27. The van der Waals surface area contributed by atoms with Crippen LogP contribution in [0.15, 0.2) is 36.7 Å². The number of likely N-dealkylation sites (tertiary alicyclic amines) is 1. The van der Waals surface area contributed by atoms with Crippen LogP contribution in [0, 0.1) is 5.92 Å². The molecule has 0 unspecified atom stereocenters. The van der Waals surface area contributed by atoms with Crippen LogP contribution in [0.25, 0.3) is 0 Å². The smallest absolute Gasteiger partial charge is 0.318 e. The third kappa shape index (κ3) is 3.83. The van der Waals surface area contributed by atoms with E-state index in [1.807, 2.05) is 41.6 Å². The molecule has 25 heavy (non-hydrogen) atoms. The van der Waals surface area contributed by atoms with Gasteiger partial charge in [-0.3, -0.25) is 0 Å². The Bertz CT molecular complexity index is 710. The van der Waals surface area contributed by atoms with E-state index in [1.54, 1.807) is 0 Å². The highest BCUT2D eigenvalue weighted by atomic mass is 16.2. The van der Waals surface area contributed by atoms with Crippen molar-refractivity contribution in [1.82, 2.24) is 25.0 Å². The van der Waals surface area contributed by atoms with E-state index in [9.17, 15) is 4.79 Å². The van der Waals surface area contributed by atoms with Crippen LogP contribution in [-0.4, -0.2) is 32.2 Å². The lowest BCUT2D eigenvalue weighted by Crippen LogP contribution is -2.45. The summed E-state index contributed by atoms with van der Waals surface area (Å²) in [6, 6.07) is 10.1. The van der Waals surface area contributed by atoms with E-state index in [2.05, 4.69) is 20.1 Å². The monoisotopic (exact) mass is 339 g/mol. The van der Waals surface area contributed by atoms with Crippen molar-refractivity contribution in [3.63, 3.8) is 0 Å². The average Bonchev–Trinajstić information content (AvgIpc) is 3.36. The molecule has 1 saturated carbocycles. The number of rotatable bonds is 5. The number of urea groups is 1. The first-order chi connectivity index (χ1) is 12.3. The van der Waals surface area contributed by atoms with E-state index in [0.29, 0.717) is 6.54 Å². The van der Waals surface area contributed by atoms with Gasteiger partial charge in [-0.1, -0.05) is 30.3 Å². The van der Waals surface area contributed by atoms with Crippen molar-refractivity contribution in [2.75, 3.05) is 6.54 Å². The fourth-order valence-corrected chi connectivity index (χ4v) is 3.56. The lowest BCUT2D eigenvalue weighted by molar-refractivity contribution is 0.145. The van der Waals surface area contributed by atoms with E-state index in [4.69, 9.17) is 0 Å². The van der Waals surface area contributed by atoms with Crippen LogP contribution in [0.2, 0.25) is 0 Å². The van der Waals surface area contributed by atoms with Crippen LogP contribution in [0.5, 0.6) is 0 Å². The highest BCUT2D eigenvalue weighted by Crippen LogP contribution is 2.34. The normalized spacial score (nSPS) is 20.5. The molecule has 1 aliphatic carbocycles. The quantitative estimate of drug-likeness (QED) is 0.910. The zero-order valence-electron chi connectivity index (χ0n) is 14.5. The molecule has 2 aromatic rings. The van der Waals surface area contributed by atoms with Crippen molar-refractivity contribution in [2.45, 2.75) is 51.2 Å². The van der Waals surface area contributed by atoms with Gasteiger partial charge in [-0.25, -0.2) is 4.79 Å². The molecule has 1 aromatic heterocycles. The maximum Gasteiger partial charge on any atom is 0.318 e. The minimum absolute atomic E-state index is 0.00507. The van der Waals surface area contributed by atoms with Gasteiger partial charge in [0.2, 0.25) is 0 Å². The molecule has 1 atom stereocenters. The van der Waals surface area contributed by atoms with Gasteiger partial charge in [0.25, 0.3) is 0 Å². The fraction of sp³-hybridized carbons (Fsp3) is 0.526. The number of amides is 2. The van der Waals surface area contributed by atoms with Crippen LogP contribution in [0.1, 0.15) is 49.5 Å². The lowest BCUT2D eigenvalue weighted by Gasteiger charge is -2.35. The summed E-state index contributed by atoms with van der Waals surface area (Å²) in [4.78, 5) is 14.7. The number of carbonyl (C=O) groups excluding carboxylic acids is 1. The van der Waals surface area contributed by atoms with Crippen LogP contribution in [-0.2, 0) is 13.1 Å². The summed E-state index contributed by atoms with van der Waals surface area (Å²) in [5.74, 6) is 1.71. The molecular weight excluding hydrogens is 314 g/mol. The second-order valence-corrected chi connectivity index (χ2v) is 7.13. The molecule has 2 fully saturated rings.